The molecule has 0 aliphatic heterocycles. The van der Waals surface area contributed by atoms with E-state index in [1.165, 1.54) is 0 Å². The minimum atomic E-state index is -0.610. The van der Waals surface area contributed by atoms with Gasteiger partial charge in [0.15, 0.2) is 12.2 Å². The molecule has 0 radical (unpaired) electrons. The number of hydrogen-bond donors (Lipinski definition) is 0. The van der Waals surface area contributed by atoms with Crippen LogP contribution in [0.15, 0.2) is 109 Å². The van der Waals surface area contributed by atoms with E-state index in [-0.39, 0.29) is 11.9 Å². The fourth-order valence-electron chi connectivity index (χ4n) is 5.78. The zero-order chi connectivity index (χ0) is 38.7. The lowest BCUT2D eigenvalue weighted by atomic mass is 9.98. The van der Waals surface area contributed by atoms with Gasteiger partial charge in [0.1, 0.15) is 24.7 Å². The summed E-state index contributed by atoms with van der Waals surface area (Å²) >= 11 is 0. The van der Waals surface area contributed by atoms with Gasteiger partial charge in [-0.05, 0) is 122 Å². The quantitative estimate of drug-likeness (QED) is 0.0783. The molecule has 2 atom stereocenters. The lowest BCUT2D eigenvalue weighted by molar-refractivity contribution is -0.157. The van der Waals surface area contributed by atoms with Crippen molar-refractivity contribution in [1.29, 1.82) is 0 Å². The number of allylic oxidation sites excluding steroid dienone is 2. The van der Waals surface area contributed by atoms with Crippen molar-refractivity contribution in [2.24, 2.45) is 0 Å². The van der Waals surface area contributed by atoms with Gasteiger partial charge in [0.05, 0.1) is 13.2 Å². The Hall–Kier alpha value is -5.18. The second kappa shape index (κ2) is 22.1. The Morgan fingerprint density at radius 2 is 0.852 bits per heavy atom. The highest BCUT2D eigenvalue weighted by Gasteiger charge is 2.21. The molecule has 4 aromatic rings. The zero-order valence-electron chi connectivity index (χ0n) is 32.5. The third-order valence-corrected chi connectivity index (χ3v) is 8.82. The summed E-state index contributed by atoms with van der Waals surface area (Å²) in [5.74, 6) is 0.844. The summed E-state index contributed by atoms with van der Waals surface area (Å²) in [6.45, 7) is 13.9. The van der Waals surface area contributed by atoms with Gasteiger partial charge in [-0.2, -0.15) is 0 Å². The monoisotopic (exact) mass is 734 g/mol. The second-order valence-corrected chi connectivity index (χ2v) is 12.6. The molecule has 8 nitrogen and oxygen atoms in total. The molecule has 8 heteroatoms. The fraction of sp³-hybridized carbons (Fsp3) is 0.348. The largest absolute Gasteiger partial charge is 0.490 e. The van der Waals surface area contributed by atoms with Crippen molar-refractivity contribution < 1.29 is 38.0 Å². The number of benzene rings is 4. The van der Waals surface area contributed by atoms with Crippen LogP contribution in [0.4, 0.5) is 0 Å². The summed E-state index contributed by atoms with van der Waals surface area (Å²) in [6, 6.07) is 32.6. The van der Waals surface area contributed by atoms with Gasteiger partial charge in [0.25, 0.3) is 0 Å². The number of ether oxygens (including phenoxy) is 6. The van der Waals surface area contributed by atoms with Crippen LogP contribution in [-0.2, 0) is 41.4 Å². The van der Waals surface area contributed by atoms with Crippen LogP contribution >= 0.6 is 0 Å². The van der Waals surface area contributed by atoms with Gasteiger partial charge in [-0.3, -0.25) is 0 Å². The van der Waals surface area contributed by atoms with Crippen LogP contribution < -0.4 is 9.47 Å². The predicted molar refractivity (Wildman–Crippen MR) is 215 cm³/mol. The molecule has 0 unspecified atom stereocenters. The van der Waals surface area contributed by atoms with E-state index in [9.17, 15) is 9.59 Å². The second-order valence-electron chi connectivity index (χ2n) is 12.6. The summed E-state index contributed by atoms with van der Waals surface area (Å²) in [7, 11) is 0. The molecular formula is C46H54O8. The number of rotatable bonds is 21. The lowest BCUT2D eigenvalue weighted by Gasteiger charge is -2.15. The van der Waals surface area contributed by atoms with Gasteiger partial charge in [-0.15, -0.1) is 0 Å². The Kier molecular flexibility index (Phi) is 17.0. The van der Waals surface area contributed by atoms with Gasteiger partial charge < -0.3 is 28.4 Å². The maximum absolute atomic E-state index is 12.2. The van der Waals surface area contributed by atoms with E-state index in [1.54, 1.807) is 13.8 Å². The standard InChI is InChI=1S/C46H54O8/c1-7-49-43(45(47)51-9-3)31-35-11-23-41(24-12-35)53-29-27-33(5)37-15-19-39(20-16-37)40-21-17-38(18-22-40)34(6)28-30-54-42-25-13-36(14-26-42)32-44(50-8-2)46(48)52-10-4/h11-28,43-44H,7-10,29-32H2,1-6H3/t43-,44-/m0/s1. The molecule has 0 aliphatic carbocycles. The molecule has 0 spiro atoms. The van der Waals surface area contributed by atoms with E-state index in [4.69, 9.17) is 28.4 Å². The Morgan fingerprint density at radius 1 is 0.500 bits per heavy atom. The Labute approximate surface area is 320 Å². The van der Waals surface area contributed by atoms with Gasteiger partial charge in [-0.1, -0.05) is 72.8 Å². The minimum absolute atomic E-state index is 0.329. The van der Waals surface area contributed by atoms with E-state index in [0.29, 0.717) is 52.5 Å². The van der Waals surface area contributed by atoms with Gasteiger partial charge in [0, 0.05) is 26.1 Å². The van der Waals surface area contributed by atoms with Gasteiger partial charge in [0.2, 0.25) is 0 Å². The molecule has 0 amide bonds. The molecule has 0 N–H and O–H groups in total. The van der Waals surface area contributed by atoms with E-state index >= 15 is 0 Å². The van der Waals surface area contributed by atoms with Crippen LogP contribution in [0.5, 0.6) is 11.5 Å². The molecule has 0 heterocycles. The van der Waals surface area contributed by atoms with Crippen LogP contribution in [0.25, 0.3) is 22.3 Å². The molecule has 0 saturated carbocycles. The SMILES string of the molecule is CCOC(=O)[C@H](Cc1ccc(OCC=C(C)c2ccc(-c3ccc(C(C)=CCOc4ccc(C[C@H](OCC)C(=O)OCC)cc4)cc3)cc2)cc1)OCC. The molecule has 0 fully saturated rings. The molecule has 286 valence electrons. The van der Waals surface area contributed by atoms with Crippen molar-refractivity contribution in [2.75, 3.05) is 39.6 Å². The highest BCUT2D eigenvalue weighted by molar-refractivity contribution is 5.76. The van der Waals surface area contributed by atoms with E-state index in [1.807, 2.05) is 62.4 Å². The highest BCUT2D eigenvalue weighted by atomic mass is 16.6. The average Bonchev–Trinajstić information content (AvgIpc) is 3.19. The third-order valence-electron chi connectivity index (χ3n) is 8.82. The van der Waals surface area contributed by atoms with Gasteiger partial charge >= 0.3 is 11.9 Å². The minimum Gasteiger partial charge on any atom is -0.490 e. The van der Waals surface area contributed by atoms with Crippen molar-refractivity contribution >= 4 is 23.1 Å². The van der Waals surface area contributed by atoms with Crippen LogP contribution in [0.3, 0.4) is 0 Å². The molecular weight excluding hydrogens is 680 g/mol. The molecule has 0 saturated heterocycles. The fourth-order valence-corrected chi connectivity index (χ4v) is 5.78. The first-order valence-corrected chi connectivity index (χ1v) is 18.8. The smallest absolute Gasteiger partial charge is 0.335 e. The summed E-state index contributed by atoms with van der Waals surface area (Å²) in [5.41, 5.74) is 8.78. The molecule has 54 heavy (non-hydrogen) atoms. The van der Waals surface area contributed by atoms with Crippen LogP contribution in [-0.4, -0.2) is 63.8 Å². The summed E-state index contributed by atoms with van der Waals surface area (Å²) < 4.78 is 33.4. The van der Waals surface area contributed by atoms with E-state index < -0.39 is 12.2 Å². The zero-order valence-corrected chi connectivity index (χ0v) is 32.5. The maximum atomic E-state index is 12.2. The van der Waals surface area contributed by atoms with Crippen LogP contribution in [0, 0.1) is 0 Å². The van der Waals surface area contributed by atoms with E-state index in [0.717, 1.165) is 56.0 Å². The van der Waals surface area contributed by atoms with Gasteiger partial charge in [-0.25, -0.2) is 9.59 Å². The van der Waals surface area contributed by atoms with Crippen molar-refractivity contribution in [1.82, 2.24) is 0 Å². The lowest BCUT2D eigenvalue weighted by Crippen LogP contribution is -2.28. The normalized spacial score (nSPS) is 12.9. The number of esters is 2. The van der Waals surface area contributed by atoms with Crippen LogP contribution in [0.2, 0.25) is 0 Å². The van der Waals surface area contributed by atoms with Crippen molar-refractivity contribution in [3.8, 4) is 22.6 Å². The first kappa shape index (κ1) is 41.6. The summed E-state index contributed by atoms with van der Waals surface area (Å²) in [6.07, 6.45) is 3.83. The van der Waals surface area contributed by atoms with Crippen LogP contribution in [0.1, 0.15) is 63.8 Å². The molecule has 4 rings (SSSR count). The topological polar surface area (TPSA) is 89.5 Å². The number of hydrogen-bond acceptors (Lipinski definition) is 8. The van der Waals surface area contributed by atoms with Crippen molar-refractivity contribution in [3.05, 3.63) is 131 Å². The Bertz CT molecular complexity index is 1650. The Balaban J connectivity index is 1.24. The molecule has 4 aromatic carbocycles. The van der Waals surface area contributed by atoms with E-state index in [2.05, 4.69) is 74.5 Å². The summed E-state index contributed by atoms with van der Waals surface area (Å²) in [5, 5.41) is 0. The predicted octanol–water partition coefficient (Wildman–Crippen LogP) is 9.34. The third kappa shape index (κ3) is 13.0. The first-order chi connectivity index (χ1) is 26.2. The summed E-state index contributed by atoms with van der Waals surface area (Å²) in [4.78, 5) is 24.4. The molecule has 0 bridgehead atoms. The van der Waals surface area contributed by atoms with Crippen molar-refractivity contribution in [2.45, 2.75) is 66.6 Å². The number of carbonyl (C=O) groups is 2. The average molecular weight is 735 g/mol. The highest BCUT2D eigenvalue weighted by Crippen LogP contribution is 2.25. The maximum Gasteiger partial charge on any atom is 0.335 e. The molecule has 0 aromatic heterocycles. The van der Waals surface area contributed by atoms with Crippen molar-refractivity contribution in [3.63, 3.8) is 0 Å². The molecule has 0 aliphatic rings. The Morgan fingerprint density at radius 3 is 1.17 bits per heavy atom. The first-order valence-electron chi connectivity index (χ1n) is 18.8. The number of carbonyl (C=O) groups excluding carboxylic acids is 2.